The number of nitrogens with zero attached hydrogens (tertiary/aromatic N) is 1. The van der Waals surface area contributed by atoms with Gasteiger partial charge in [0.05, 0.1) is 0 Å². The predicted molar refractivity (Wildman–Crippen MR) is 35.5 cm³/mol. The van der Waals surface area contributed by atoms with Crippen molar-refractivity contribution in [1.29, 1.82) is 0 Å². The van der Waals surface area contributed by atoms with Gasteiger partial charge in [-0.3, -0.25) is 0 Å². The van der Waals surface area contributed by atoms with Gasteiger partial charge in [0.15, 0.2) is 5.56 Å². The van der Waals surface area contributed by atoms with Crippen LogP contribution in [0.4, 0.5) is 14.6 Å². The number of carboxylic acid groups (broad SMARTS) is 1. The lowest BCUT2D eigenvalue weighted by Crippen LogP contribution is -2.08. The Morgan fingerprint density at radius 3 is 2.58 bits per heavy atom. The van der Waals surface area contributed by atoms with Crippen molar-refractivity contribution in [3.8, 4) is 0 Å². The maximum absolute atomic E-state index is 12.6. The van der Waals surface area contributed by atoms with E-state index in [1.54, 1.807) is 0 Å². The summed E-state index contributed by atoms with van der Waals surface area (Å²) in [6, 6.07) is 0.645. The zero-order valence-corrected chi connectivity index (χ0v) is 5.71. The Hall–Kier alpha value is -1.72. The average Bonchev–Trinajstić information content (AvgIpc) is 1.82. The Balaban J connectivity index is 3.38. The first-order valence-electron chi connectivity index (χ1n) is 2.87. The summed E-state index contributed by atoms with van der Waals surface area (Å²) in [6.07, 6.45) is 0. The molecule has 0 aliphatic carbocycles. The summed E-state index contributed by atoms with van der Waals surface area (Å²) in [7, 11) is 0. The highest BCUT2D eigenvalue weighted by Gasteiger charge is 2.18. The number of aromatic nitrogens is 1. The normalized spacial score (nSPS) is 9.83. The van der Waals surface area contributed by atoms with E-state index in [9.17, 15) is 13.6 Å². The maximum atomic E-state index is 12.6. The summed E-state index contributed by atoms with van der Waals surface area (Å²) in [6.45, 7) is 0. The van der Waals surface area contributed by atoms with Gasteiger partial charge in [-0.2, -0.15) is 4.39 Å². The Bertz CT molecular complexity index is 317. The van der Waals surface area contributed by atoms with Crippen LogP contribution in [0.2, 0.25) is 0 Å². The van der Waals surface area contributed by atoms with Crippen LogP contribution in [0.3, 0.4) is 0 Å². The van der Waals surface area contributed by atoms with Gasteiger partial charge >= 0.3 is 5.97 Å². The lowest BCUT2D eigenvalue weighted by molar-refractivity contribution is 0.0685. The van der Waals surface area contributed by atoms with E-state index >= 15 is 0 Å². The minimum atomic E-state index is -1.71. The van der Waals surface area contributed by atoms with Crippen LogP contribution in [0.1, 0.15) is 10.4 Å². The molecule has 4 nitrogen and oxygen atoms in total. The van der Waals surface area contributed by atoms with Crippen molar-refractivity contribution < 1.29 is 18.7 Å². The Kier molecular flexibility index (Phi) is 1.90. The highest BCUT2D eigenvalue weighted by Crippen LogP contribution is 2.12. The molecule has 1 aromatic rings. The zero-order chi connectivity index (χ0) is 9.30. The number of hydrogen-bond donors (Lipinski definition) is 2. The first-order valence-corrected chi connectivity index (χ1v) is 2.87. The van der Waals surface area contributed by atoms with Crippen molar-refractivity contribution in [1.82, 2.24) is 4.98 Å². The third kappa shape index (κ3) is 1.31. The molecule has 12 heavy (non-hydrogen) atoms. The first kappa shape index (κ1) is 8.38. The number of hydrogen-bond acceptors (Lipinski definition) is 3. The lowest BCUT2D eigenvalue weighted by atomic mass is 10.2. The van der Waals surface area contributed by atoms with Gasteiger partial charge in [-0.05, 0) is 0 Å². The van der Waals surface area contributed by atoms with Crippen LogP contribution in [-0.2, 0) is 0 Å². The van der Waals surface area contributed by atoms with Crippen LogP contribution < -0.4 is 5.73 Å². The van der Waals surface area contributed by atoms with Crippen molar-refractivity contribution in [2.75, 3.05) is 5.73 Å². The summed E-state index contributed by atoms with van der Waals surface area (Å²) in [5, 5.41) is 8.28. The second-order valence-electron chi connectivity index (χ2n) is 2.00. The Labute approximate surface area is 65.6 Å². The smallest absolute Gasteiger partial charge is 0.343 e. The Morgan fingerprint density at radius 1 is 1.58 bits per heavy atom. The number of carboxylic acids is 1. The van der Waals surface area contributed by atoms with E-state index < -0.39 is 29.1 Å². The maximum Gasteiger partial charge on any atom is 0.343 e. The molecule has 1 aromatic heterocycles. The summed E-state index contributed by atoms with van der Waals surface area (Å²) < 4.78 is 25.2. The molecule has 0 atom stereocenters. The SMILES string of the molecule is Nc1cc(F)c(C(=O)O)c(F)n1. The highest BCUT2D eigenvalue weighted by atomic mass is 19.1. The van der Waals surface area contributed by atoms with Gasteiger partial charge in [-0.25, -0.2) is 14.2 Å². The van der Waals surface area contributed by atoms with Crippen molar-refractivity contribution in [2.24, 2.45) is 0 Å². The number of pyridine rings is 1. The monoisotopic (exact) mass is 174 g/mol. The molecule has 0 amide bonds. The van der Waals surface area contributed by atoms with Crippen molar-refractivity contribution in [3.05, 3.63) is 23.4 Å². The number of carbonyl (C=O) groups is 1. The Morgan fingerprint density at radius 2 is 2.17 bits per heavy atom. The average molecular weight is 174 g/mol. The molecule has 64 valence electrons. The lowest BCUT2D eigenvalue weighted by Gasteiger charge is -1.98. The van der Waals surface area contributed by atoms with Crippen LogP contribution in [-0.4, -0.2) is 16.1 Å². The minimum Gasteiger partial charge on any atom is -0.477 e. The topological polar surface area (TPSA) is 76.2 Å². The largest absolute Gasteiger partial charge is 0.477 e. The molecule has 1 rings (SSSR count). The van der Waals surface area contributed by atoms with Gasteiger partial charge < -0.3 is 10.8 Å². The second-order valence-corrected chi connectivity index (χ2v) is 2.00. The van der Waals surface area contributed by atoms with E-state index in [0.717, 1.165) is 0 Å². The molecule has 0 aromatic carbocycles. The fourth-order valence-corrected chi connectivity index (χ4v) is 0.692. The third-order valence-electron chi connectivity index (χ3n) is 1.16. The van der Waals surface area contributed by atoms with Gasteiger partial charge in [0.25, 0.3) is 0 Å². The van der Waals surface area contributed by atoms with Gasteiger partial charge in [0, 0.05) is 6.07 Å². The van der Waals surface area contributed by atoms with E-state index in [0.29, 0.717) is 6.07 Å². The third-order valence-corrected chi connectivity index (χ3v) is 1.16. The number of anilines is 1. The van der Waals surface area contributed by atoms with Crippen LogP contribution >= 0.6 is 0 Å². The first-order chi connectivity index (χ1) is 5.52. The molecular weight excluding hydrogens is 170 g/mol. The van der Waals surface area contributed by atoms with E-state index in [-0.39, 0.29) is 0 Å². The number of nitrogen functional groups attached to an aromatic ring is 1. The minimum absolute atomic E-state index is 0.394. The zero-order valence-electron chi connectivity index (χ0n) is 5.71. The molecule has 0 saturated heterocycles. The van der Waals surface area contributed by atoms with Crippen molar-refractivity contribution in [2.45, 2.75) is 0 Å². The van der Waals surface area contributed by atoms with Crippen LogP contribution in [0.15, 0.2) is 6.07 Å². The molecule has 0 aliphatic rings. The fraction of sp³-hybridized carbons (Fsp3) is 0. The summed E-state index contributed by atoms with van der Waals surface area (Å²) >= 11 is 0. The van der Waals surface area contributed by atoms with Crippen LogP contribution in [0.5, 0.6) is 0 Å². The number of halogens is 2. The standard InChI is InChI=1S/C6H4F2N2O2/c7-2-1-3(9)10-5(8)4(2)6(11)12/h1H,(H2,9,10)(H,11,12). The van der Waals surface area contributed by atoms with Gasteiger partial charge in [-0.15, -0.1) is 0 Å². The van der Waals surface area contributed by atoms with Crippen molar-refractivity contribution in [3.63, 3.8) is 0 Å². The molecule has 0 saturated carbocycles. The van der Waals surface area contributed by atoms with E-state index in [4.69, 9.17) is 10.8 Å². The number of rotatable bonds is 1. The molecule has 6 heteroatoms. The molecule has 1 heterocycles. The predicted octanol–water partition coefficient (Wildman–Crippen LogP) is 0.640. The van der Waals surface area contributed by atoms with Gasteiger partial charge in [0.2, 0.25) is 5.95 Å². The van der Waals surface area contributed by atoms with Crippen molar-refractivity contribution >= 4 is 11.8 Å². The molecule has 0 unspecified atom stereocenters. The molecular formula is C6H4F2N2O2. The summed E-state index contributed by atoms with van der Waals surface area (Å²) in [5.74, 6) is -4.75. The number of aromatic carboxylic acids is 1. The molecule has 0 fully saturated rings. The summed E-state index contributed by atoms with van der Waals surface area (Å²) in [5.41, 5.74) is 3.85. The quantitative estimate of drug-likeness (QED) is 0.612. The molecule has 0 spiro atoms. The summed E-state index contributed by atoms with van der Waals surface area (Å²) in [4.78, 5) is 13.1. The molecule has 0 aliphatic heterocycles. The van der Waals surface area contributed by atoms with E-state index in [1.165, 1.54) is 0 Å². The second kappa shape index (κ2) is 2.72. The fourth-order valence-electron chi connectivity index (χ4n) is 0.692. The van der Waals surface area contributed by atoms with Gasteiger partial charge in [-0.1, -0.05) is 0 Å². The highest BCUT2D eigenvalue weighted by molar-refractivity contribution is 5.88. The van der Waals surface area contributed by atoms with Crippen LogP contribution in [0, 0.1) is 11.8 Å². The van der Waals surface area contributed by atoms with Gasteiger partial charge in [0.1, 0.15) is 11.6 Å². The molecule has 3 N–H and O–H groups in total. The molecule has 0 radical (unpaired) electrons. The van der Waals surface area contributed by atoms with E-state index in [1.807, 2.05) is 0 Å². The number of nitrogens with two attached hydrogens (primary N) is 1. The molecule has 0 bridgehead atoms. The van der Waals surface area contributed by atoms with Crippen LogP contribution in [0.25, 0.3) is 0 Å². The van der Waals surface area contributed by atoms with E-state index in [2.05, 4.69) is 4.98 Å².